The van der Waals surface area contributed by atoms with Crippen LogP contribution >= 0.6 is 0 Å². The van der Waals surface area contributed by atoms with Crippen LogP contribution in [0.5, 0.6) is 11.5 Å². The van der Waals surface area contributed by atoms with Gasteiger partial charge in [-0.25, -0.2) is 0 Å². The van der Waals surface area contributed by atoms with E-state index in [-0.39, 0.29) is 17.9 Å². The Morgan fingerprint density at radius 1 is 0.938 bits per heavy atom. The summed E-state index contributed by atoms with van der Waals surface area (Å²) in [6, 6.07) is 17.4. The molecule has 2 aromatic rings. The molecule has 6 heteroatoms. The summed E-state index contributed by atoms with van der Waals surface area (Å²) >= 11 is 0. The zero-order chi connectivity index (χ0) is 21.9. The van der Waals surface area contributed by atoms with E-state index in [4.69, 9.17) is 9.47 Å². The van der Waals surface area contributed by atoms with Gasteiger partial charge in [0.05, 0.1) is 12.6 Å². The predicted octanol–water partition coefficient (Wildman–Crippen LogP) is 3.62. The van der Waals surface area contributed by atoms with Crippen LogP contribution in [-0.2, 0) is 4.79 Å². The van der Waals surface area contributed by atoms with Crippen molar-refractivity contribution >= 4 is 11.8 Å². The molecule has 3 aliphatic rings. The second-order valence-electron chi connectivity index (χ2n) is 9.11. The van der Waals surface area contributed by atoms with Gasteiger partial charge in [0, 0.05) is 31.6 Å². The molecule has 3 fully saturated rings. The van der Waals surface area contributed by atoms with Crippen molar-refractivity contribution in [1.29, 1.82) is 0 Å². The van der Waals surface area contributed by atoms with Gasteiger partial charge < -0.3 is 19.3 Å². The van der Waals surface area contributed by atoms with E-state index in [0.29, 0.717) is 37.0 Å². The third-order valence-corrected chi connectivity index (χ3v) is 6.94. The van der Waals surface area contributed by atoms with Crippen LogP contribution in [0.1, 0.15) is 36.0 Å². The fourth-order valence-electron chi connectivity index (χ4n) is 5.29. The number of benzene rings is 2. The number of carbonyl (C=O) groups excluding carboxylic acids is 2. The molecule has 1 saturated carbocycles. The fraction of sp³-hybridized carbons (Fsp3) is 0.462. The van der Waals surface area contributed by atoms with E-state index in [1.807, 2.05) is 64.4 Å². The molecule has 0 spiro atoms. The number of carbonyl (C=O) groups is 2. The van der Waals surface area contributed by atoms with Gasteiger partial charge in [0.1, 0.15) is 18.1 Å². The fourth-order valence-corrected chi connectivity index (χ4v) is 5.29. The lowest BCUT2D eigenvalue weighted by Crippen LogP contribution is -2.31. The molecule has 32 heavy (non-hydrogen) atoms. The molecule has 0 N–H and O–H groups in total. The smallest absolute Gasteiger partial charge is 0.253 e. The maximum absolute atomic E-state index is 13.0. The van der Waals surface area contributed by atoms with Crippen molar-refractivity contribution in [3.63, 3.8) is 0 Å². The van der Waals surface area contributed by atoms with Crippen molar-refractivity contribution in [3.05, 3.63) is 60.2 Å². The third-order valence-electron chi connectivity index (χ3n) is 6.94. The number of para-hydroxylation sites is 1. The molecular formula is C26H30N2O4. The van der Waals surface area contributed by atoms with E-state index in [0.717, 1.165) is 50.4 Å². The van der Waals surface area contributed by atoms with Crippen molar-refractivity contribution < 1.29 is 19.1 Å². The number of likely N-dealkylation sites (tertiary alicyclic amines) is 2. The van der Waals surface area contributed by atoms with Crippen LogP contribution in [0, 0.1) is 11.8 Å². The maximum atomic E-state index is 13.0. The van der Waals surface area contributed by atoms with Gasteiger partial charge in [-0.1, -0.05) is 18.2 Å². The van der Waals surface area contributed by atoms with E-state index in [9.17, 15) is 9.59 Å². The highest BCUT2D eigenvalue weighted by molar-refractivity contribution is 5.94. The molecule has 0 aromatic heterocycles. The zero-order valence-electron chi connectivity index (χ0n) is 18.3. The average Bonchev–Trinajstić information content (AvgIpc) is 3.50. The SMILES string of the molecule is O=C1CCCN1CCOc1ccc(C(=O)N2C[C@H]3CC(Oc4ccccc4)C[C@H]3C2)cc1. The average molecular weight is 435 g/mol. The number of amides is 2. The first-order valence-corrected chi connectivity index (χ1v) is 11.7. The third kappa shape index (κ3) is 4.59. The Morgan fingerprint density at radius 2 is 1.66 bits per heavy atom. The zero-order valence-corrected chi connectivity index (χ0v) is 18.3. The molecule has 2 saturated heterocycles. The minimum Gasteiger partial charge on any atom is -0.492 e. The van der Waals surface area contributed by atoms with Crippen molar-refractivity contribution in [3.8, 4) is 11.5 Å². The predicted molar refractivity (Wildman–Crippen MR) is 121 cm³/mol. The number of fused-ring (bicyclic) bond motifs is 1. The van der Waals surface area contributed by atoms with Gasteiger partial charge in [0.25, 0.3) is 5.91 Å². The standard InChI is InChI=1S/C26H30N2O4/c29-25-7-4-12-27(25)13-14-31-22-10-8-19(9-11-22)26(30)28-17-20-15-24(16-21(20)18-28)32-23-5-2-1-3-6-23/h1-3,5-6,8-11,20-21,24H,4,7,12-18H2/t20-,21+,24?. The maximum Gasteiger partial charge on any atom is 0.253 e. The lowest BCUT2D eigenvalue weighted by molar-refractivity contribution is -0.128. The van der Waals surface area contributed by atoms with Gasteiger partial charge in [-0.05, 0) is 67.5 Å². The molecule has 0 radical (unpaired) electrons. The van der Waals surface area contributed by atoms with E-state index >= 15 is 0 Å². The molecule has 2 heterocycles. The summed E-state index contributed by atoms with van der Waals surface area (Å²) in [6.07, 6.45) is 3.85. The molecule has 5 rings (SSSR count). The summed E-state index contributed by atoms with van der Waals surface area (Å²) in [4.78, 5) is 28.5. The monoisotopic (exact) mass is 434 g/mol. The van der Waals surface area contributed by atoms with Crippen LogP contribution in [0.25, 0.3) is 0 Å². The summed E-state index contributed by atoms with van der Waals surface area (Å²) < 4.78 is 11.9. The van der Waals surface area contributed by atoms with Crippen LogP contribution in [-0.4, -0.2) is 60.5 Å². The molecule has 1 unspecified atom stereocenters. The van der Waals surface area contributed by atoms with Gasteiger partial charge in [-0.3, -0.25) is 9.59 Å². The summed E-state index contributed by atoms with van der Waals surface area (Å²) in [5.74, 6) is 3.00. The highest BCUT2D eigenvalue weighted by atomic mass is 16.5. The summed E-state index contributed by atoms with van der Waals surface area (Å²) in [7, 11) is 0. The first-order valence-electron chi connectivity index (χ1n) is 11.7. The minimum atomic E-state index is 0.0918. The molecule has 3 atom stereocenters. The van der Waals surface area contributed by atoms with Crippen LogP contribution in [0.15, 0.2) is 54.6 Å². The van der Waals surface area contributed by atoms with Crippen molar-refractivity contribution in [2.75, 3.05) is 32.8 Å². The first-order chi connectivity index (χ1) is 15.7. The molecule has 1 aliphatic carbocycles. The van der Waals surface area contributed by atoms with Crippen molar-refractivity contribution in [2.24, 2.45) is 11.8 Å². The van der Waals surface area contributed by atoms with E-state index < -0.39 is 0 Å². The molecule has 2 amide bonds. The Labute approximate surface area is 189 Å². The van der Waals surface area contributed by atoms with Crippen LogP contribution in [0.3, 0.4) is 0 Å². The second kappa shape index (κ2) is 9.23. The first kappa shape index (κ1) is 20.9. The lowest BCUT2D eigenvalue weighted by Gasteiger charge is -2.20. The minimum absolute atomic E-state index is 0.0918. The molecule has 2 aromatic carbocycles. The van der Waals surface area contributed by atoms with Gasteiger partial charge in [-0.2, -0.15) is 0 Å². The van der Waals surface area contributed by atoms with Crippen LogP contribution < -0.4 is 9.47 Å². The van der Waals surface area contributed by atoms with E-state index in [1.54, 1.807) is 0 Å². The Hall–Kier alpha value is -3.02. The molecule has 0 bridgehead atoms. The highest BCUT2D eigenvalue weighted by Crippen LogP contribution is 2.40. The number of nitrogens with zero attached hydrogens (tertiary/aromatic N) is 2. The normalized spacial score (nSPS) is 24.6. The summed E-state index contributed by atoms with van der Waals surface area (Å²) in [6.45, 7) is 3.53. The Bertz CT molecular complexity index is 932. The van der Waals surface area contributed by atoms with Crippen molar-refractivity contribution in [2.45, 2.75) is 31.8 Å². The molecular weight excluding hydrogens is 404 g/mol. The molecule has 6 nitrogen and oxygen atoms in total. The molecule has 2 aliphatic heterocycles. The quantitative estimate of drug-likeness (QED) is 0.668. The van der Waals surface area contributed by atoms with E-state index in [1.165, 1.54) is 0 Å². The second-order valence-corrected chi connectivity index (χ2v) is 9.11. The topological polar surface area (TPSA) is 59.1 Å². The van der Waals surface area contributed by atoms with Crippen LogP contribution in [0.4, 0.5) is 0 Å². The van der Waals surface area contributed by atoms with Crippen molar-refractivity contribution in [1.82, 2.24) is 9.80 Å². The van der Waals surface area contributed by atoms with Gasteiger partial charge in [0.2, 0.25) is 5.91 Å². The van der Waals surface area contributed by atoms with Gasteiger partial charge >= 0.3 is 0 Å². The largest absolute Gasteiger partial charge is 0.492 e. The Kier molecular flexibility index (Phi) is 6.02. The van der Waals surface area contributed by atoms with Gasteiger partial charge in [-0.15, -0.1) is 0 Å². The summed E-state index contributed by atoms with van der Waals surface area (Å²) in [5.41, 5.74) is 0.698. The number of rotatable bonds is 7. The van der Waals surface area contributed by atoms with Crippen LogP contribution in [0.2, 0.25) is 0 Å². The van der Waals surface area contributed by atoms with E-state index in [2.05, 4.69) is 0 Å². The Morgan fingerprint density at radius 3 is 2.31 bits per heavy atom. The van der Waals surface area contributed by atoms with Gasteiger partial charge in [0.15, 0.2) is 0 Å². The number of ether oxygens (including phenoxy) is 2. The Balaban J connectivity index is 1.09. The molecule has 168 valence electrons. The highest BCUT2D eigenvalue weighted by Gasteiger charge is 2.43. The number of hydrogen-bond acceptors (Lipinski definition) is 4. The lowest BCUT2D eigenvalue weighted by atomic mass is 10.0. The summed E-state index contributed by atoms with van der Waals surface area (Å²) in [5, 5.41) is 0. The number of hydrogen-bond donors (Lipinski definition) is 0.